The molecule has 5 atom stereocenters. The van der Waals surface area contributed by atoms with E-state index in [1.807, 2.05) is 33.9 Å². The van der Waals surface area contributed by atoms with Crippen LogP contribution < -0.4 is 5.73 Å². The summed E-state index contributed by atoms with van der Waals surface area (Å²) in [4.78, 5) is 19.4. The number of ether oxygens (including phenoxy) is 3. The highest BCUT2D eigenvalue weighted by molar-refractivity contribution is 5.83. The maximum atomic E-state index is 12.9. The summed E-state index contributed by atoms with van der Waals surface area (Å²) in [6.45, 7) is 13.3. The first kappa shape index (κ1) is 30.2. The Kier molecular flexibility index (Phi) is 9.37. The van der Waals surface area contributed by atoms with Crippen LogP contribution in [0.3, 0.4) is 0 Å². The number of benzene rings is 1. The molecule has 0 spiro atoms. The Hall–Kier alpha value is -2.75. The number of likely N-dealkylation sites (tertiary alicyclic amines) is 1. The molecule has 1 aromatic carbocycles. The maximum absolute atomic E-state index is 12.9. The number of rotatable bonds is 9. The molecule has 3 N–H and O–H groups in total. The number of nitrogens with two attached hydrogens (primary N) is 1. The lowest BCUT2D eigenvalue weighted by molar-refractivity contribution is -0.0155. The van der Waals surface area contributed by atoms with Crippen LogP contribution >= 0.6 is 0 Å². The van der Waals surface area contributed by atoms with Crippen molar-refractivity contribution in [3.05, 3.63) is 53.0 Å². The van der Waals surface area contributed by atoms with E-state index < -0.39 is 11.7 Å². The maximum Gasteiger partial charge on any atom is 0.410 e. The average molecular weight is 557 g/mol. The van der Waals surface area contributed by atoms with Gasteiger partial charge in [0.25, 0.3) is 0 Å². The van der Waals surface area contributed by atoms with Crippen LogP contribution in [0, 0.1) is 11.8 Å². The van der Waals surface area contributed by atoms with Crippen LogP contribution in [0.25, 0.3) is 5.57 Å². The fourth-order valence-corrected chi connectivity index (χ4v) is 6.34. The van der Waals surface area contributed by atoms with Crippen molar-refractivity contribution in [2.75, 3.05) is 53.6 Å². The third-order valence-electron chi connectivity index (χ3n) is 8.51. The molecule has 3 heterocycles. The number of carbonyl (C=O) groups excluding carboxylic acids is 1. The predicted molar refractivity (Wildman–Crippen MR) is 156 cm³/mol. The van der Waals surface area contributed by atoms with Crippen molar-refractivity contribution in [1.82, 2.24) is 14.7 Å². The number of methoxy groups -OCH3 is 1. The van der Waals surface area contributed by atoms with E-state index in [9.17, 15) is 9.90 Å². The molecule has 1 aromatic rings. The summed E-state index contributed by atoms with van der Waals surface area (Å²) in [5.41, 5.74) is 10.5. The minimum absolute atomic E-state index is 0.00754. The molecule has 0 aliphatic carbocycles. The number of aliphatic hydroxyl groups excluding tert-OH is 1. The summed E-state index contributed by atoms with van der Waals surface area (Å²) in [7, 11) is 3.47. The summed E-state index contributed by atoms with van der Waals surface area (Å²) in [6.07, 6.45) is -0.0750. The zero-order valence-electron chi connectivity index (χ0n) is 25.2. The van der Waals surface area contributed by atoms with Crippen LogP contribution in [0.2, 0.25) is 0 Å². The van der Waals surface area contributed by atoms with Crippen molar-refractivity contribution in [2.45, 2.75) is 64.8 Å². The number of nitrogens with zero attached hydrogens (tertiary/aromatic N) is 3. The molecular weight excluding hydrogens is 508 g/mol. The second-order valence-electron chi connectivity index (χ2n) is 12.4. The largest absolute Gasteiger partial charge is 0.444 e. The second kappa shape index (κ2) is 12.4. The van der Waals surface area contributed by atoms with Crippen molar-refractivity contribution in [3.63, 3.8) is 0 Å². The van der Waals surface area contributed by atoms with Gasteiger partial charge in [0, 0.05) is 51.0 Å². The topological polar surface area (TPSA) is 101 Å². The van der Waals surface area contributed by atoms with E-state index in [1.165, 1.54) is 0 Å². The third-order valence-corrected chi connectivity index (χ3v) is 8.51. The van der Waals surface area contributed by atoms with E-state index in [1.54, 1.807) is 12.0 Å². The van der Waals surface area contributed by atoms with Crippen molar-refractivity contribution >= 4 is 11.7 Å². The van der Waals surface area contributed by atoms with Crippen molar-refractivity contribution in [2.24, 2.45) is 17.6 Å². The number of amides is 1. The minimum atomic E-state index is -0.614. The first-order valence-electron chi connectivity index (χ1n) is 14.4. The summed E-state index contributed by atoms with van der Waals surface area (Å²) in [5, 5.41) is 11.2. The molecule has 0 aromatic heterocycles. The molecule has 40 heavy (non-hydrogen) atoms. The van der Waals surface area contributed by atoms with Gasteiger partial charge in [0.1, 0.15) is 11.4 Å². The van der Waals surface area contributed by atoms with E-state index in [-0.39, 0.29) is 36.6 Å². The summed E-state index contributed by atoms with van der Waals surface area (Å²) >= 11 is 0. The Balaban J connectivity index is 1.65. The van der Waals surface area contributed by atoms with E-state index in [0.717, 1.165) is 41.2 Å². The molecule has 3 aliphatic heterocycles. The van der Waals surface area contributed by atoms with Crippen molar-refractivity contribution < 1.29 is 24.1 Å². The predicted octanol–water partition coefficient (Wildman–Crippen LogP) is 3.50. The summed E-state index contributed by atoms with van der Waals surface area (Å²) in [6, 6.07) is 10.4. The lowest BCUT2D eigenvalue weighted by atomic mass is 9.83. The highest BCUT2D eigenvalue weighted by atomic mass is 16.6. The van der Waals surface area contributed by atoms with Crippen molar-refractivity contribution in [1.29, 1.82) is 0 Å². The Morgan fingerprint density at radius 3 is 2.55 bits per heavy atom. The molecule has 1 amide bonds. The molecule has 0 saturated carbocycles. The van der Waals surface area contributed by atoms with Gasteiger partial charge >= 0.3 is 6.09 Å². The van der Waals surface area contributed by atoms with Gasteiger partial charge in [-0.05, 0) is 51.2 Å². The molecule has 0 radical (unpaired) electrons. The summed E-state index contributed by atoms with van der Waals surface area (Å²) in [5.74, 6) is 1.25. The second-order valence-corrected chi connectivity index (χ2v) is 12.4. The van der Waals surface area contributed by atoms with Gasteiger partial charge in [-0.15, -0.1) is 0 Å². The van der Waals surface area contributed by atoms with Gasteiger partial charge in [0.15, 0.2) is 0 Å². The standard InChI is InChI=1S/C31H48N4O5/c1-20-24(25(36)19-39-16-15-38-7)18-35-28(20)27(32)21(2)26(22-11-9-8-10-12-22)29(35)34-14-13-23(17-34)33(6)30(37)40-31(3,4)5/h8-12,20,23-25,28,36H,13-19,32H2,1-7H3. The smallest absolute Gasteiger partial charge is 0.410 e. The number of likely N-dealkylation sites (N-methyl/N-ethyl adjacent to an activating group) is 1. The number of aliphatic hydroxyl groups is 1. The van der Waals surface area contributed by atoms with E-state index in [4.69, 9.17) is 19.9 Å². The van der Waals surface area contributed by atoms with E-state index in [2.05, 4.69) is 47.9 Å². The number of fused-ring (bicyclic) bond motifs is 1. The minimum Gasteiger partial charge on any atom is -0.444 e. The summed E-state index contributed by atoms with van der Waals surface area (Å²) < 4.78 is 16.4. The Bertz CT molecular complexity index is 1100. The van der Waals surface area contributed by atoms with Crippen molar-refractivity contribution in [3.8, 4) is 0 Å². The van der Waals surface area contributed by atoms with Crippen LogP contribution in [0.4, 0.5) is 4.79 Å². The monoisotopic (exact) mass is 556 g/mol. The fraction of sp³-hybridized carbons (Fsp3) is 0.645. The van der Waals surface area contributed by atoms with Gasteiger partial charge in [-0.1, -0.05) is 37.3 Å². The van der Waals surface area contributed by atoms with Crippen LogP contribution in [0.15, 0.2) is 47.4 Å². The first-order valence-corrected chi connectivity index (χ1v) is 14.4. The van der Waals surface area contributed by atoms with Gasteiger partial charge < -0.3 is 39.8 Å². The molecule has 0 bridgehead atoms. The number of hydrogen-bond donors (Lipinski definition) is 2. The van der Waals surface area contributed by atoms with E-state index in [0.29, 0.717) is 26.3 Å². The molecule has 3 aliphatic rings. The Labute approximate surface area is 239 Å². The lowest BCUT2D eigenvalue weighted by Gasteiger charge is -2.42. The zero-order chi connectivity index (χ0) is 29.2. The Morgan fingerprint density at radius 2 is 1.90 bits per heavy atom. The molecule has 9 nitrogen and oxygen atoms in total. The van der Waals surface area contributed by atoms with Gasteiger partial charge in [0.05, 0.1) is 38.0 Å². The number of carbonyl (C=O) groups is 1. The SMILES string of the molecule is COCCOCC(O)C1CN2C(N3CCC(N(C)C(=O)OC(C)(C)C)C3)=C(c3ccccc3)C(C)=C(N)C2C1C. The zero-order valence-corrected chi connectivity index (χ0v) is 25.2. The quantitative estimate of drug-likeness (QED) is 0.446. The molecule has 2 saturated heterocycles. The van der Waals surface area contributed by atoms with Gasteiger partial charge in [-0.2, -0.15) is 0 Å². The number of hydrogen-bond acceptors (Lipinski definition) is 8. The fourth-order valence-electron chi connectivity index (χ4n) is 6.34. The van der Waals surface area contributed by atoms with E-state index >= 15 is 0 Å². The molecule has 9 heteroatoms. The normalized spacial score (nSPS) is 25.9. The molecule has 222 valence electrons. The highest BCUT2D eigenvalue weighted by Crippen LogP contribution is 2.46. The van der Waals surface area contributed by atoms with Gasteiger partial charge in [0.2, 0.25) is 0 Å². The van der Waals surface area contributed by atoms with Crippen LogP contribution in [0.1, 0.15) is 46.6 Å². The Morgan fingerprint density at radius 1 is 1.20 bits per heavy atom. The molecule has 5 unspecified atom stereocenters. The van der Waals surface area contributed by atoms with Crippen LogP contribution in [-0.4, -0.2) is 103 Å². The van der Waals surface area contributed by atoms with Gasteiger partial charge in [-0.25, -0.2) is 4.79 Å². The molecule has 4 rings (SSSR count). The molecular formula is C31H48N4O5. The van der Waals surface area contributed by atoms with Gasteiger partial charge in [-0.3, -0.25) is 0 Å². The molecule has 2 fully saturated rings. The van der Waals surface area contributed by atoms with Crippen LogP contribution in [-0.2, 0) is 14.2 Å². The third kappa shape index (κ3) is 6.26. The highest BCUT2D eigenvalue weighted by Gasteiger charge is 2.49. The van der Waals surface area contributed by atoms with Crippen LogP contribution in [0.5, 0.6) is 0 Å². The average Bonchev–Trinajstić information content (AvgIpc) is 3.52. The first-order chi connectivity index (χ1) is 18.9. The number of allylic oxidation sites excluding steroid dienone is 2. The lowest BCUT2D eigenvalue weighted by Crippen LogP contribution is -2.46.